The molecule has 0 saturated carbocycles. The van der Waals surface area contributed by atoms with E-state index >= 15 is 0 Å². The van der Waals surface area contributed by atoms with E-state index < -0.39 is 0 Å². The Balaban J connectivity index is 0.986. The van der Waals surface area contributed by atoms with E-state index in [9.17, 15) is 0 Å². The van der Waals surface area contributed by atoms with Crippen molar-refractivity contribution in [3.8, 4) is 78.6 Å². The topological polar surface area (TPSA) is 25.8 Å². The summed E-state index contributed by atoms with van der Waals surface area (Å²) in [5.41, 5.74) is 29.5. The smallest absolute Gasteiger partial charge is 0.0977 e. The highest BCUT2D eigenvalue weighted by atomic mass is 14.7. The van der Waals surface area contributed by atoms with Crippen molar-refractivity contribution in [2.24, 2.45) is 0 Å². The predicted molar refractivity (Wildman–Crippen MR) is 417 cm³/mol. The summed E-state index contributed by atoms with van der Waals surface area (Å²) in [5, 5.41) is 2.11. The zero-order valence-corrected chi connectivity index (χ0v) is 59.9. The molecule has 0 aliphatic heterocycles. The molecule has 0 N–H and O–H groups in total. The largest absolute Gasteiger partial charge is 0.254 e. The van der Waals surface area contributed by atoms with Crippen molar-refractivity contribution in [1.29, 1.82) is 0 Å². The van der Waals surface area contributed by atoms with E-state index in [0.29, 0.717) is 0 Å². The van der Waals surface area contributed by atoms with Crippen LogP contribution in [-0.2, 0) is 16.2 Å². The van der Waals surface area contributed by atoms with Gasteiger partial charge in [-0.15, -0.1) is 0 Å². The number of unbranched alkanes of at least 4 members (excludes halogenated alkanes) is 18. The predicted octanol–water partition coefficient (Wildman–Crippen LogP) is 27.8. The zero-order chi connectivity index (χ0) is 66.6. The summed E-state index contributed by atoms with van der Waals surface area (Å²) in [6.07, 6.45) is 41.1. The molecule has 0 atom stereocenters. The van der Waals surface area contributed by atoms with Crippen molar-refractivity contribution in [3.05, 3.63) is 227 Å². The van der Waals surface area contributed by atoms with Gasteiger partial charge in [-0.2, -0.15) is 0 Å². The summed E-state index contributed by atoms with van der Waals surface area (Å²) in [6, 6.07) is 67.8. The molecule has 0 bridgehead atoms. The Morgan fingerprint density at radius 3 is 1.03 bits per heavy atom. The van der Waals surface area contributed by atoms with Crippen molar-refractivity contribution in [1.82, 2.24) is 9.97 Å². The maximum atomic E-state index is 4.84. The quantitative estimate of drug-likeness (QED) is 0.0233. The molecule has 0 amide bonds. The number of benzene rings is 8. The van der Waals surface area contributed by atoms with Crippen LogP contribution in [0.1, 0.15) is 279 Å². The molecule has 13 rings (SSSR count). The molecule has 8 aromatic carbocycles. The van der Waals surface area contributed by atoms with E-state index in [4.69, 9.17) is 9.97 Å². The standard InChI is InChI=1S/C95H108N2/c1-7-13-19-29-53-93(54-30-20-14-8-2)85-41-27-25-38-79(85)82-50-46-70(66-88(82)93)75-63-76(71-47-51-83-80-39-26-28-42-86(80)94(89(83)67-71,55-31-21-15-9-3)56-32-22-16-10-4)65-77(64-75)72-48-52-84-81-49-44-69(43-45-73-62-74-37-35-59-96-91(74)92-78(73)40-36-60-97-92)61-87(81)95(90(84)68-72,57-33-23-17-11-5)58-34-24-18-12-6/h25-28,35-42,44,46-52,59-68H,7-24,29-34,53-58H2,1-6H3. The van der Waals surface area contributed by atoms with Crippen molar-refractivity contribution in [2.45, 2.75) is 250 Å². The Labute approximate surface area is 584 Å². The third kappa shape index (κ3) is 13.6. The molecule has 0 unspecified atom stereocenters. The Kier molecular flexibility index (Phi) is 21.9. The maximum absolute atomic E-state index is 4.84. The molecule has 0 fully saturated rings. The Morgan fingerprint density at radius 2 is 0.619 bits per heavy atom. The fourth-order valence-corrected chi connectivity index (χ4v) is 18.3. The van der Waals surface area contributed by atoms with Crippen LogP contribution in [0.25, 0.3) is 88.6 Å². The Hall–Kier alpha value is -7.86. The number of hydrogen-bond acceptors (Lipinski definition) is 2. The van der Waals surface area contributed by atoms with Crippen LogP contribution in [0.15, 0.2) is 182 Å². The Morgan fingerprint density at radius 1 is 0.268 bits per heavy atom. The average Bonchev–Trinajstić information content (AvgIpc) is 1.58. The fraction of sp³-hybridized carbons (Fsp3) is 0.411. The minimum atomic E-state index is -0.148. The van der Waals surface area contributed by atoms with Crippen molar-refractivity contribution in [2.75, 3.05) is 0 Å². The zero-order valence-electron chi connectivity index (χ0n) is 59.9. The summed E-state index contributed by atoms with van der Waals surface area (Å²) in [7, 11) is 0. The first kappa shape index (κ1) is 67.7. The molecule has 2 aromatic heterocycles. The van der Waals surface area contributed by atoms with Gasteiger partial charge in [0.1, 0.15) is 0 Å². The lowest BCUT2D eigenvalue weighted by Crippen LogP contribution is -2.25. The van der Waals surface area contributed by atoms with Gasteiger partial charge in [0.2, 0.25) is 0 Å². The van der Waals surface area contributed by atoms with Crippen LogP contribution in [0.5, 0.6) is 0 Å². The summed E-state index contributed by atoms with van der Waals surface area (Å²) in [5.74, 6) is 7.46. The van der Waals surface area contributed by atoms with Gasteiger partial charge in [0.15, 0.2) is 0 Å². The van der Waals surface area contributed by atoms with Crippen LogP contribution in [0.4, 0.5) is 0 Å². The van der Waals surface area contributed by atoms with Gasteiger partial charge < -0.3 is 0 Å². The van der Waals surface area contributed by atoms with E-state index in [1.807, 2.05) is 24.5 Å². The van der Waals surface area contributed by atoms with Crippen molar-refractivity contribution < 1.29 is 0 Å². The second-order valence-electron chi connectivity index (χ2n) is 29.7. The average molecular weight is 1280 g/mol. The monoisotopic (exact) mass is 1280 g/mol. The third-order valence-electron chi connectivity index (χ3n) is 23.4. The molecule has 0 saturated heterocycles. The minimum Gasteiger partial charge on any atom is -0.254 e. The van der Waals surface area contributed by atoms with Crippen LogP contribution < -0.4 is 0 Å². The number of pyridine rings is 2. The molecule has 2 heteroatoms. The van der Waals surface area contributed by atoms with Crippen LogP contribution >= 0.6 is 0 Å². The fourth-order valence-electron chi connectivity index (χ4n) is 18.3. The third-order valence-corrected chi connectivity index (χ3v) is 23.4. The first-order valence-corrected chi connectivity index (χ1v) is 38.9. The van der Waals surface area contributed by atoms with Crippen LogP contribution in [-0.4, -0.2) is 9.97 Å². The summed E-state index contributed by atoms with van der Waals surface area (Å²) < 4.78 is 0. The molecule has 97 heavy (non-hydrogen) atoms. The SMILES string of the molecule is CCCCCCC1(CCCCCC)c2ccccc2-c2ccc(-c3cc(-c4ccc5c(c4)C(CCCCCC)(CCCCCC)c4ccccc4-5)cc(-c4ccc5c(c4)C(CCCCCC)(CCCCCC)c4cc(C#Cc6cc7cccnc7c7ncccc67)ccc4-5)c3)cc21. The second kappa shape index (κ2) is 31.3. The van der Waals surface area contributed by atoms with E-state index in [1.54, 1.807) is 22.3 Å². The first-order chi connectivity index (χ1) is 47.8. The normalized spacial score (nSPS) is 14.0. The summed E-state index contributed by atoms with van der Waals surface area (Å²) in [6.45, 7) is 14.1. The summed E-state index contributed by atoms with van der Waals surface area (Å²) >= 11 is 0. The molecule has 2 heterocycles. The van der Waals surface area contributed by atoms with Gasteiger partial charge in [-0.25, -0.2) is 0 Å². The van der Waals surface area contributed by atoms with E-state index in [1.165, 1.54) is 258 Å². The number of fused-ring (bicyclic) bond motifs is 12. The molecule has 3 aliphatic rings. The molecule has 2 nitrogen and oxygen atoms in total. The van der Waals surface area contributed by atoms with Crippen LogP contribution in [0.2, 0.25) is 0 Å². The molecule has 3 aliphatic carbocycles. The summed E-state index contributed by atoms with van der Waals surface area (Å²) in [4.78, 5) is 9.60. The molecule has 498 valence electrons. The number of aromatic nitrogens is 2. The van der Waals surface area contributed by atoms with Gasteiger partial charge in [-0.3, -0.25) is 9.97 Å². The minimum absolute atomic E-state index is 0.00548. The maximum Gasteiger partial charge on any atom is 0.0977 e. The van der Waals surface area contributed by atoms with E-state index in [2.05, 4.69) is 211 Å². The number of rotatable bonds is 33. The lowest BCUT2D eigenvalue weighted by atomic mass is 9.70. The second-order valence-corrected chi connectivity index (χ2v) is 29.7. The van der Waals surface area contributed by atoms with Crippen LogP contribution in [0.3, 0.4) is 0 Å². The first-order valence-electron chi connectivity index (χ1n) is 38.9. The van der Waals surface area contributed by atoms with Gasteiger partial charge in [0, 0.05) is 50.5 Å². The lowest BCUT2D eigenvalue weighted by Gasteiger charge is -2.33. The van der Waals surface area contributed by atoms with E-state index in [-0.39, 0.29) is 16.2 Å². The highest BCUT2D eigenvalue weighted by Gasteiger charge is 2.45. The molecule has 0 radical (unpaired) electrons. The van der Waals surface area contributed by atoms with Gasteiger partial charge in [-0.05, 0) is 211 Å². The number of hydrogen-bond donors (Lipinski definition) is 0. The van der Waals surface area contributed by atoms with Gasteiger partial charge in [0.25, 0.3) is 0 Å². The highest BCUT2D eigenvalue weighted by molar-refractivity contribution is 6.05. The van der Waals surface area contributed by atoms with Gasteiger partial charge in [-0.1, -0.05) is 305 Å². The van der Waals surface area contributed by atoms with Crippen molar-refractivity contribution in [3.63, 3.8) is 0 Å². The molecular formula is C95H108N2. The van der Waals surface area contributed by atoms with Crippen LogP contribution in [0, 0.1) is 11.8 Å². The molecule has 10 aromatic rings. The van der Waals surface area contributed by atoms with E-state index in [0.717, 1.165) is 45.8 Å². The van der Waals surface area contributed by atoms with Crippen molar-refractivity contribution >= 4 is 21.8 Å². The highest BCUT2D eigenvalue weighted by Crippen LogP contribution is 2.59. The number of nitrogens with zero attached hydrogens (tertiary/aromatic N) is 2. The molecule has 0 spiro atoms. The molecular weight excluding hydrogens is 1170 g/mol. The van der Waals surface area contributed by atoms with Gasteiger partial charge in [0.05, 0.1) is 11.0 Å². The van der Waals surface area contributed by atoms with Gasteiger partial charge >= 0.3 is 0 Å². The Bertz CT molecular complexity index is 4240. The lowest BCUT2D eigenvalue weighted by molar-refractivity contribution is 0.401.